The Labute approximate surface area is 193 Å². The minimum atomic E-state index is -0.0569. The van der Waals surface area contributed by atoms with Gasteiger partial charge < -0.3 is 9.55 Å². The van der Waals surface area contributed by atoms with Gasteiger partial charge >= 0.3 is 0 Å². The van der Waals surface area contributed by atoms with E-state index in [1.807, 2.05) is 46.1 Å². The zero-order valence-corrected chi connectivity index (χ0v) is 20.4. The molecule has 1 N–H and O–H groups in total. The van der Waals surface area contributed by atoms with Crippen molar-refractivity contribution in [1.29, 1.82) is 0 Å². The number of hydrogen-bond donors (Lipinski definition) is 1. The number of carbonyl (C=O) groups excluding carboxylic acids is 2. The maximum absolute atomic E-state index is 13.0. The van der Waals surface area contributed by atoms with Crippen LogP contribution in [0.2, 0.25) is 0 Å². The molecule has 1 unspecified atom stereocenters. The Morgan fingerprint density at radius 2 is 1.84 bits per heavy atom. The molecule has 8 heteroatoms. The van der Waals surface area contributed by atoms with E-state index in [1.54, 1.807) is 0 Å². The first kappa shape index (κ1) is 23.9. The molecular weight excluding hydrogens is 422 g/mol. The van der Waals surface area contributed by atoms with E-state index in [4.69, 9.17) is 0 Å². The number of aromatic amines is 1. The molecule has 0 bridgehead atoms. The van der Waals surface area contributed by atoms with Crippen LogP contribution in [0, 0.1) is 13.8 Å². The van der Waals surface area contributed by atoms with Crippen molar-refractivity contribution in [2.45, 2.75) is 51.9 Å². The van der Waals surface area contributed by atoms with Crippen LogP contribution in [-0.2, 0) is 6.54 Å². The monoisotopic (exact) mass is 453 g/mol. The van der Waals surface area contributed by atoms with E-state index in [0.717, 1.165) is 23.5 Å². The van der Waals surface area contributed by atoms with Gasteiger partial charge in [0.1, 0.15) is 0 Å². The number of aryl methyl sites for hydroxylation is 1. The minimum Gasteiger partial charge on any atom is -0.355 e. The molecule has 0 aliphatic heterocycles. The van der Waals surface area contributed by atoms with Crippen LogP contribution in [0.5, 0.6) is 0 Å². The molecule has 0 amide bonds. The molecule has 0 saturated carbocycles. The Hall–Kier alpha value is -2.71. The lowest BCUT2D eigenvalue weighted by Crippen LogP contribution is -2.23. The van der Waals surface area contributed by atoms with Crippen molar-refractivity contribution in [3.63, 3.8) is 0 Å². The van der Waals surface area contributed by atoms with Gasteiger partial charge in [0.25, 0.3) is 0 Å². The second-order valence-electron chi connectivity index (χ2n) is 8.19. The molecule has 3 aromatic rings. The van der Waals surface area contributed by atoms with Crippen molar-refractivity contribution >= 4 is 23.3 Å². The number of ketones is 2. The van der Waals surface area contributed by atoms with E-state index in [2.05, 4.69) is 43.7 Å². The summed E-state index contributed by atoms with van der Waals surface area (Å²) in [5, 5.41) is 9.65. The number of carbonyl (C=O) groups is 2. The third-order valence-corrected chi connectivity index (χ3v) is 6.60. The number of hydrogen-bond acceptors (Lipinski definition) is 6. The van der Waals surface area contributed by atoms with Gasteiger partial charge in [-0.25, -0.2) is 0 Å². The average molecular weight is 454 g/mol. The second-order valence-corrected chi connectivity index (χ2v) is 9.14. The summed E-state index contributed by atoms with van der Waals surface area (Å²) in [6, 6.07) is 10.3. The summed E-state index contributed by atoms with van der Waals surface area (Å²) < 4.78 is 2.11. The number of aromatic nitrogens is 4. The molecule has 3 rings (SSSR count). The molecule has 0 aliphatic carbocycles. The standard InChI is InChI=1S/C24H31N5O2S/c1-7-19(28(5)6)23-26-27-24(29(23)13-18-11-9-8-10-12-18)32-14-20(31)22-15(2)21(17(4)30)16(3)25-22/h8-12,19,25H,7,13-14H2,1-6H3. The Balaban J connectivity index is 1.88. The molecule has 7 nitrogen and oxygen atoms in total. The summed E-state index contributed by atoms with van der Waals surface area (Å²) in [5.74, 6) is 1.01. The lowest BCUT2D eigenvalue weighted by molar-refractivity contribution is 0.101. The fourth-order valence-electron chi connectivity index (χ4n) is 4.11. The number of nitrogens with one attached hydrogen (secondary N) is 1. The largest absolute Gasteiger partial charge is 0.355 e. The first-order valence-electron chi connectivity index (χ1n) is 10.7. The van der Waals surface area contributed by atoms with Gasteiger partial charge in [0.2, 0.25) is 0 Å². The smallest absolute Gasteiger partial charge is 0.192 e. The van der Waals surface area contributed by atoms with Gasteiger partial charge in [-0.2, -0.15) is 0 Å². The predicted molar refractivity (Wildman–Crippen MR) is 128 cm³/mol. The van der Waals surface area contributed by atoms with Gasteiger partial charge in [0.05, 0.1) is 24.0 Å². The Bertz CT molecular complexity index is 1100. The lowest BCUT2D eigenvalue weighted by Gasteiger charge is -2.23. The van der Waals surface area contributed by atoms with E-state index in [9.17, 15) is 9.59 Å². The van der Waals surface area contributed by atoms with E-state index in [-0.39, 0.29) is 23.4 Å². The minimum absolute atomic E-state index is 0.0375. The summed E-state index contributed by atoms with van der Waals surface area (Å²) in [6.45, 7) is 7.93. The Kier molecular flexibility index (Phi) is 7.69. The second kappa shape index (κ2) is 10.3. The van der Waals surface area contributed by atoms with E-state index in [1.165, 1.54) is 18.7 Å². The molecular formula is C24H31N5O2S. The lowest BCUT2D eigenvalue weighted by atomic mass is 10.1. The van der Waals surface area contributed by atoms with Crippen molar-refractivity contribution < 1.29 is 9.59 Å². The molecule has 0 spiro atoms. The fraction of sp³-hybridized carbons (Fsp3) is 0.417. The highest BCUT2D eigenvalue weighted by Crippen LogP contribution is 2.27. The summed E-state index contributed by atoms with van der Waals surface area (Å²) in [5.41, 5.74) is 3.69. The number of rotatable bonds is 10. The summed E-state index contributed by atoms with van der Waals surface area (Å²) in [6.07, 6.45) is 0.901. The average Bonchev–Trinajstić information content (AvgIpc) is 3.27. The van der Waals surface area contributed by atoms with Crippen LogP contribution < -0.4 is 0 Å². The Morgan fingerprint density at radius 1 is 1.16 bits per heavy atom. The zero-order valence-electron chi connectivity index (χ0n) is 19.6. The summed E-state index contributed by atoms with van der Waals surface area (Å²) in [7, 11) is 4.07. The molecule has 1 atom stereocenters. The maximum Gasteiger partial charge on any atom is 0.192 e. The number of benzene rings is 1. The van der Waals surface area contributed by atoms with Gasteiger partial charge in [-0.15, -0.1) is 10.2 Å². The van der Waals surface area contributed by atoms with Crippen molar-refractivity contribution in [3.05, 3.63) is 64.2 Å². The van der Waals surface area contributed by atoms with Gasteiger partial charge in [-0.1, -0.05) is 49.0 Å². The van der Waals surface area contributed by atoms with Crippen molar-refractivity contribution in [3.8, 4) is 0 Å². The van der Waals surface area contributed by atoms with E-state index in [0.29, 0.717) is 28.5 Å². The van der Waals surface area contributed by atoms with Crippen LogP contribution in [-0.4, -0.2) is 56.1 Å². The normalized spacial score (nSPS) is 12.3. The summed E-state index contributed by atoms with van der Waals surface area (Å²) >= 11 is 1.38. The third kappa shape index (κ3) is 5.02. The molecule has 0 radical (unpaired) electrons. The van der Waals surface area contributed by atoms with Crippen molar-refractivity contribution in [2.75, 3.05) is 19.8 Å². The maximum atomic E-state index is 13.0. The van der Waals surface area contributed by atoms with Crippen LogP contribution >= 0.6 is 11.8 Å². The van der Waals surface area contributed by atoms with Crippen LogP contribution in [0.3, 0.4) is 0 Å². The number of H-pyrrole nitrogens is 1. The molecule has 2 heterocycles. The van der Waals surface area contributed by atoms with Gasteiger partial charge in [-0.05, 0) is 52.4 Å². The molecule has 32 heavy (non-hydrogen) atoms. The highest BCUT2D eigenvalue weighted by molar-refractivity contribution is 7.99. The van der Waals surface area contributed by atoms with Crippen molar-refractivity contribution in [1.82, 2.24) is 24.6 Å². The van der Waals surface area contributed by atoms with E-state index < -0.39 is 0 Å². The van der Waals surface area contributed by atoms with Crippen LogP contribution in [0.15, 0.2) is 35.5 Å². The predicted octanol–water partition coefficient (Wildman–Crippen LogP) is 4.46. The number of nitrogens with zero attached hydrogens (tertiary/aromatic N) is 4. The van der Waals surface area contributed by atoms with Gasteiger partial charge in [-0.3, -0.25) is 14.5 Å². The summed E-state index contributed by atoms with van der Waals surface area (Å²) in [4.78, 5) is 30.1. The number of thioether (sulfide) groups is 1. The van der Waals surface area contributed by atoms with Crippen LogP contribution in [0.1, 0.15) is 69.8 Å². The molecule has 2 aromatic heterocycles. The first-order chi connectivity index (χ1) is 15.2. The van der Waals surface area contributed by atoms with Gasteiger partial charge in [0.15, 0.2) is 22.5 Å². The first-order valence-corrected chi connectivity index (χ1v) is 11.7. The van der Waals surface area contributed by atoms with Crippen molar-refractivity contribution in [2.24, 2.45) is 0 Å². The SMILES string of the molecule is CCC(c1nnc(SCC(=O)c2[nH]c(C)c(C(C)=O)c2C)n1Cc1ccccc1)N(C)C. The van der Waals surface area contributed by atoms with E-state index >= 15 is 0 Å². The fourth-order valence-corrected chi connectivity index (χ4v) is 4.92. The zero-order chi connectivity index (χ0) is 23.4. The molecule has 170 valence electrons. The highest BCUT2D eigenvalue weighted by atomic mass is 32.2. The quantitative estimate of drug-likeness (QED) is 0.360. The molecule has 0 fully saturated rings. The van der Waals surface area contributed by atoms with Crippen LogP contribution in [0.25, 0.3) is 0 Å². The topological polar surface area (TPSA) is 83.9 Å². The third-order valence-electron chi connectivity index (χ3n) is 5.64. The Morgan fingerprint density at radius 3 is 2.41 bits per heavy atom. The number of Topliss-reactive ketones (excluding diaryl/α,β-unsaturated/α-hetero) is 2. The molecule has 0 saturated heterocycles. The molecule has 0 aliphatic rings. The molecule has 1 aromatic carbocycles. The highest BCUT2D eigenvalue weighted by Gasteiger charge is 2.24. The van der Waals surface area contributed by atoms with Gasteiger partial charge in [0, 0.05) is 11.3 Å². The van der Waals surface area contributed by atoms with Crippen LogP contribution in [0.4, 0.5) is 0 Å².